The van der Waals surface area contributed by atoms with Crippen LogP contribution in [0, 0.1) is 0 Å². The number of likely N-dealkylation sites (tertiary alicyclic amines) is 1. The number of aromatic nitrogens is 2. The Kier molecular flexibility index (Phi) is 4.24. The number of fused-ring (bicyclic) bond motifs is 1. The van der Waals surface area contributed by atoms with Gasteiger partial charge in [-0.2, -0.15) is 5.10 Å². The normalized spacial score (nSPS) is 16.3. The maximum Gasteiger partial charge on any atom is 0.252 e. The van der Waals surface area contributed by atoms with Gasteiger partial charge in [-0.3, -0.25) is 4.79 Å². The molecule has 1 aromatic carbocycles. The van der Waals surface area contributed by atoms with Crippen molar-refractivity contribution in [2.75, 3.05) is 19.6 Å². The molecule has 0 aliphatic carbocycles. The molecule has 0 spiro atoms. The topological polar surface area (TPSA) is 63.6 Å². The van der Waals surface area contributed by atoms with Crippen LogP contribution in [0.1, 0.15) is 40.4 Å². The fraction of sp³-hybridized carbons (Fsp3) is 0.300. The standard InChI is InChI=1S/C20H22N4O/c21-20(25)18-17-10-4-5-13-24(17)22-19(18)16(14-23-11-6-7-12-23)15-8-2-1-3-9-15/h1-5,8-10,13,16H,6-7,11-12,14H2,(H2,21,25)/t16-/m1/s1. The van der Waals surface area contributed by atoms with Crippen LogP contribution in [0.5, 0.6) is 0 Å². The first kappa shape index (κ1) is 15.8. The van der Waals surface area contributed by atoms with Crippen molar-refractivity contribution < 1.29 is 4.79 Å². The summed E-state index contributed by atoms with van der Waals surface area (Å²) in [6, 6.07) is 16.0. The van der Waals surface area contributed by atoms with Gasteiger partial charge in [-0.15, -0.1) is 0 Å². The van der Waals surface area contributed by atoms with E-state index in [1.54, 1.807) is 4.52 Å². The molecule has 1 amide bonds. The van der Waals surface area contributed by atoms with Crippen molar-refractivity contribution in [2.24, 2.45) is 5.73 Å². The van der Waals surface area contributed by atoms with Crippen molar-refractivity contribution >= 4 is 11.4 Å². The van der Waals surface area contributed by atoms with Gasteiger partial charge in [0.05, 0.1) is 16.8 Å². The van der Waals surface area contributed by atoms with Crippen LogP contribution >= 0.6 is 0 Å². The molecule has 4 rings (SSSR count). The summed E-state index contributed by atoms with van der Waals surface area (Å²) in [6.45, 7) is 3.05. The van der Waals surface area contributed by atoms with E-state index < -0.39 is 5.91 Å². The van der Waals surface area contributed by atoms with Crippen molar-refractivity contribution in [3.63, 3.8) is 0 Å². The number of nitrogens with two attached hydrogens (primary N) is 1. The van der Waals surface area contributed by atoms with Crippen LogP contribution in [0.3, 0.4) is 0 Å². The van der Waals surface area contributed by atoms with Gasteiger partial charge in [0.2, 0.25) is 0 Å². The van der Waals surface area contributed by atoms with Crippen LogP contribution in [0.25, 0.3) is 5.52 Å². The molecule has 1 atom stereocenters. The fourth-order valence-corrected chi connectivity index (χ4v) is 3.77. The second kappa shape index (κ2) is 6.69. The van der Waals surface area contributed by atoms with Gasteiger partial charge in [0.1, 0.15) is 0 Å². The number of hydrogen-bond acceptors (Lipinski definition) is 3. The van der Waals surface area contributed by atoms with Gasteiger partial charge in [-0.25, -0.2) is 4.52 Å². The lowest BCUT2D eigenvalue weighted by Crippen LogP contribution is -2.28. The lowest BCUT2D eigenvalue weighted by molar-refractivity contribution is 0.100. The van der Waals surface area contributed by atoms with E-state index in [-0.39, 0.29) is 5.92 Å². The second-order valence-corrected chi connectivity index (χ2v) is 6.63. The maximum absolute atomic E-state index is 12.2. The maximum atomic E-state index is 12.2. The van der Waals surface area contributed by atoms with Crippen molar-refractivity contribution in [1.82, 2.24) is 14.5 Å². The molecule has 5 nitrogen and oxygen atoms in total. The SMILES string of the molecule is NC(=O)c1c([C@H](CN2CCCC2)c2ccccc2)nn2ccccc12. The van der Waals surface area contributed by atoms with E-state index >= 15 is 0 Å². The Bertz CT molecular complexity index is 881. The zero-order chi connectivity index (χ0) is 17.2. The summed E-state index contributed by atoms with van der Waals surface area (Å²) < 4.78 is 1.76. The van der Waals surface area contributed by atoms with Gasteiger partial charge in [-0.05, 0) is 43.6 Å². The van der Waals surface area contributed by atoms with Gasteiger partial charge in [0, 0.05) is 18.7 Å². The minimum Gasteiger partial charge on any atom is -0.365 e. The zero-order valence-electron chi connectivity index (χ0n) is 14.1. The predicted molar refractivity (Wildman–Crippen MR) is 97.7 cm³/mol. The van der Waals surface area contributed by atoms with Crippen LogP contribution in [0.15, 0.2) is 54.7 Å². The molecule has 5 heteroatoms. The highest BCUT2D eigenvalue weighted by molar-refractivity contribution is 6.01. The lowest BCUT2D eigenvalue weighted by Gasteiger charge is -2.23. The first-order valence-corrected chi connectivity index (χ1v) is 8.78. The number of carbonyl (C=O) groups is 1. The number of rotatable bonds is 5. The van der Waals surface area contributed by atoms with Gasteiger partial charge in [-0.1, -0.05) is 36.4 Å². The summed E-state index contributed by atoms with van der Waals surface area (Å²) in [5, 5.41) is 4.74. The predicted octanol–water partition coefficient (Wildman–Crippen LogP) is 2.66. The number of pyridine rings is 1. The van der Waals surface area contributed by atoms with E-state index in [9.17, 15) is 4.79 Å². The Labute approximate surface area is 147 Å². The number of benzene rings is 1. The summed E-state index contributed by atoms with van der Waals surface area (Å²) in [5.41, 5.74) is 8.99. The van der Waals surface area contributed by atoms with E-state index in [1.165, 1.54) is 18.4 Å². The van der Waals surface area contributed by atoms with E-state index in [1.807, 2.05) is 42.6 Å². The van der Waals surface area contributed by atoms with Gasteiger partial charge in [0.25, 0.3) is 5.91 Å². The Morgan fingerprint density at radius 3 is 2.52 bits per heavy atom. The van der Waals surface area contributed by atoms with Crippen LogP contribution in [-0.2, 0) is 0 Å². The summed E-state index contributed by atoms with van der Waals surface area (Å²) in [5.74, 6) is -0.389. The molecule has 0 bridgehead atoms. The van der Waals surface area contributed by atoms with Crippen LogP contribution in [-0.4, -0.2) is 40.1 Å². The summed E-state index contributed by atoms with van der Waals surface area (Å²) >= 11 is 0. The Morgan fingerprint density at radius 1 is 1.08 bits per heavy atom. The molecule has 1 aliphatic heterocycles. The average molecular weight is 334 g/mol. The third kappa shape index (κ3) is 3.03. The molecule has 25 heavy (non-hydrogen) atoms. The van der Waals surface area contributed by atoms with E-state index in [0.717, 1.165) is 30.8 Å². The fourth-order valence-electron chi connectivity index (χ4n) is 3.77. The van der Waals surface area contributed by atoms with Gasteiger partial charge < -0.3 is 10.6 Å². The second-order valence-electron chi connectivity index (χ2n) is 6.63. The third-order valence-electron chi connectivity index (χ3n) is 4.98. The quantitative estimate of drug-likeness (QED) is 0.780. The Morgan fingerprint density at radius 2 is 1.80 bits per heavy atom. The first-order chi connectivity index (χ1) is 12.2. The summed E-state index contributed by atoms with van der Waals surface area (Å²) in [6.07, 6.45) is 4.33. The number of amides is 1. The van der Waals surface area contributed by atoms with Crippen LogP contribution in [0.2, 0.25) is 0 Å². The number of hydrogen-bond donors (Lipinski definition) is 1. The zero-order valence-corrected chi connectivity index (χ0v) is 14.1. The highest BCUT2D eigenvalue weighted by atomic mass is 16.1. The molecule has 128 valence electrons. The summed E-state index contributed by atoms with van der Waals surface area (Å²) in [7, 11) is 0. The smallest absolute Gasteiger partial charge is 0.252 e. The summed E-state index contributed by atoms with van der Waals surface area (Å²) in [4.78, 5) is 14.7. The number of carbonyl (C=O) groups excluding carboxylic acids is 1. The first-order valence-electron chi connectivity index (χ1n) is 8.78. The largest absolute Gasteiger partial charge is 0.365 e. The Hall–Kier alpha value is -2.66. The molecule has 0 unspecified atom stereocenters. The molecule has 1 saturated heterocycles. The Balaban J connectivity index is 1.85. The van der Waals surface area contributed by atoms with Crippen molar-refractivity contribution in [3.05, 3.63) is 71.5 Å². The van der Waals surface area contributed by atoms with Crippen LogP contribution in [0.4, 0.5) is 0 Å². The average Bonchev–Trinajstić information content (AvgIpc) is 3.27. The van der Waals surface area contributed by atoms with Crippen molar-refractivity contribution in [2.45, 2.75) is 18.8 Å². The van der Waals surface area contributed by atoms with Crippen LogP contribution < -0.4 is 5.73 Å². The highest BCUT2D eigenvalue weighted by Gasteiger charge is 2.28. The molecule has 2 N–H and O–H groups in total. The lowest BCUT2D eigenvalue weighted by atomic mass is 9.92. The minimum atomic E-state index is -0.418. The molecule has 2 aromatic heterocycles. The molecular formula is C20H22N4O. The molecule has 0 saturated carbocycles. The highest BCUT2D eigenvalue weighted by Crippen LogP contribution is 2.30. The monoisotopic (exact) mass is 334 g/mol. The number of primary amides is 1. The molecule has 3 aromatic rings. The number of nitrogens with zero attached hydrogens (tertiary/aromatic N) is 3. The molecule has 0 radical (unpaired) electrons. The molecule has 1 aliphatic rings. The molecule has 1 fully saturated rings. The molecule has 3 heterocycles. The van der Waals surface area contributed by atoms with E-state index in [0.29, 0.717) is 5.56 Å². The van der Waals surface area contributed by atoms with E-state index in [4.69, 9.17) is 10.8 Å². The third-order valence-corrected chi connectivity index (χ3v) is 4.98. The molecular weight excluding hydrogens is 312 g/mol. The van der Waals surface area contributed by atoms with Crippen molar-refractivity contribution in [1.29, 1.82) is 0 Å². The van der Waals surface area contributed by atoms with E-state index in [2.05, 4.69) is 17.0 Å². The minimum absolute atomic E-state index is 0.0294. The van der Waals surface area contributed by atoms with Gasteiger partial charge in [0.15, 0.2) is 0 Å². The van der Waals surface area contributed by atoms with Crippen molar-refractivity contribution in [3.8, 4) is 0 Å². The van der Waals surface area contributed by atoms with Gasteiger partial charge >= 0.3 is 0 Å².